The quantitative estimate of drug-likeness (QED) is 0.0756. The van der Waals surface area contributed by atoms with Crippen molar-refractivity contribution in [2.75, 3.05) is 26.3 Å². The average molecular weight is 736 g/mol. The van der Waals surface area contributed by atoms with Gasteiger partial charge in [0.25, 0.3) is 0 Å². The lowest BCUT2D eigenvalue weighted by Gasteiger charge is -2.18. The van der Waals surface area contributed by atoms with Gasteiger partial charge in [0, 0.05) is 25.4 Å². The number of halogens is 1. The molecule has 290 valence electrons. The van der Waals surface area contributed by atoms with Crippen LogP contribution < -0.4 is 15.5 Å². The summed E-state index contributed by atoms with van der Waals surface area (Å²) in [6, 6.07) is -0.279. The number of epoxide rings is 2. The topological polar surface area (TPSA) is 202 Å². The van der Waals surface area contributed by atoms with E-state index in [4.69, 9.17) is 26.4 Å². The van der Waals surface area contributed by atoms with E-state index in [2.05, 4.69) is 66.5 Å². The first-order valence-corrected chi connectivity index (χ1v) is 18.1. The minimum atomic E-state index is -1.12. The monoisotopic (exact) mass is 735 g/mol. The number of hydrogen-bond donors (Lipinski definition) is 4. The second-order valence-electron chi connectivity index (χ2n) is 14.0. The lowest BCUT2D eigenvalue weighted by molar-refractivity contribution is -0.145. The molecule has 0 aliphatic carbocycles. The summed E-state index contributed by atoms with van der Waals surface area (Å²) in [4.78, 5) is 71.2. The van der Waals surface area contributed by atoms with Gasteiger partial charge in [-0.1, -0.05) is 55.4 Å². The van der Waals surface area contributed by atoms with Gasteiger partial charge in [-0.25, -0.2) is 19.2 Å². The van der Waals surface area contributed by atoms with Crippen LogP contribution in [0.2, 0.25) is 0 Å². The van der Waals surface area contributed by atoms with Gasteiger partial charge in [0.1, 0.15) is 6.04 Å². The van der Waals surface area contributed by atoms with E-state index >= 15 is 0 Å². The Morgan fingerprint density at radius 1 is 0.660 bits per heavy atom. The van der Waals surface area contributed by atoms with Gasteiger partial charge in [-0.2, -0.15) is 0 Å². The molecule has 2 aliphatic rings. The van der Waals surface area contributed by atoms with E-state index in [1.807, 2.05) is 13.8 Å². The Morgan fingerprint density at radius 3 is 1.48 bits per heavy atom. The molecular weight excluding hydrogens is 674 g/mol. The zero-order chi connectivity index (χ0) is 38.6. The highest BCUT2D eigenvalue weighted by Crippen LogP contribution is 2.28. The van der Waals surface area contributed by atoms with Gasteiger partial charge in [0.05, 0.1) is 13.2 Å². The van der Waals surface area contributed by atoms with Crippen LogP contribution in [0.25, 0.3) is 0 Å². The molecule has 0 aromatic rings. The number of ketones is 1. The Kier molecular flexibility index (Phi) is 23.8. The Labute approximate surface area is 302 Å². The number of aliphatic carboxylic acids is 1. The molecule has 2 heterocycles. The molecule has 0 saturated carbocycles. The summed E-state index contributed by atoms with van der Waals surface area (Å²) in [5, 5.41) is 14.1. The van der Waals surface area contributed by atoms with E-state index in [1.54, 1.807) is 13.8 Å². The molecule has 2 saturated heterocycles. The SMILES string of the molecule is CC(C)CCNC(=O)[C@H](CC(C)C)NCl.CCOC(=O)[C@H]1O[C@@H]1C(=O)C[C@@H](CC(C)C)C(=O)NCCC(C)C.CCOC(=O)[C@H]1O[C@@H]1C(=O)O. The van der Waals surface area contributed by atoms with Crippen LogP contribution in [-0.2, 0) is 47.7 Å². The Morgan fingerprint density at radius 2 is 1.10 bits per heavy atom. The molecule has 6 atom stereocenters. The summed E-state index contributed by atoms with van der Waals surface area (Å²) in [5.41, 5.74) is 0. The molecule has 2 rings (SSSR count). The van der Waals surface area contributed by atoms with Crippen molar-refractivity contribution >= 4 is 47.3 Å². The first kappa shape index (κ1) is 47.2. The number of carbonyl (C=O) groups excluding carboxylic acids is 5. The third-order valence-electron chi connectivity index (χ3n) is 7.35. The average Bonchev–Trinajstić information content (AvgIpc) is 3.93. The summed E-state index contributed by atoms with van der Waals surface area (Å²) in [6.45, 7) is 21.9. The maximum absolute atomic E-state index is 12.4. The first-order valence-electron chi connectivity index (χ1n) is 17.7. The zero-order valence-electron chi connectivity index (χ0n) is 31.5. The summed E-state index contributed by atoms with van der Waals surface area (Å²) >= 11 is 5.54. The van der Waals surface area contributed by atoms with Crippen LogP contribution in [0.5, 0.6) is 0 Å². The highest BCUT2D eigenvalue weighted by molar-refractivity contribution is 6.15. The van der Waals surface area contributed by atoms with E-state index < -0.39 is 42.3 Å². The van der Waals surface area contributed by atoms with Crippen LogP contribution in [-0.4, -0.2) is 97.4 Å². The van der Waals surface area contributed by atoms with E-state index in [0.29, 0.717) is 36.6 Å². The molecule has 0 unspecified atom stereocenters. The van der Waals surface area contributed by atoms with Gasteiger partial charge < -0.3 is 34.7 Å². The van der Waals surface area contributed by atoms with Crippen LogP contribution in [0.3, 0.4) is 0 Å². The normalized spacial score (nSPS) is 20.1. The first-order chi connectivity index (χ1) is 23.4. The third kappa shape index (κ3) is 20.8. The maximum atomic E-state index is 12.4. The van der Waals surface area contributed by atoms with Gasteiger partial charge in [-0.15, -0.1) is 0 Å². The summed E-state index contributed by atoms with van der Waals surface area (Å²) in [6.07, 6.45) is -0.00297. The van der Waals surface area contributed by atoms with Crippen molar-refractivity contribution in [2.45, 2.75) is 132 Å². The predicted molar refractivity (Wildman–Crippen MR) is 188 cm³/mol. The number of hydrogen-bond acceptors (Lipinski definition) is 11. The van der Waals surface area contributed by atoms with Gasteiger partial charge in [0.15, 0.2) is 30.2 Å². The van der Waals surface area contributed by atoms with Crippen LogP contribution in [0, 0.1) is 29.6 Å². The molecule has 2 aliphatic heterocycles. The number of Topliss-reactive ketones (excluding diaryl/α,β-unsaturated/α-hetero) is 1. The second kappa shape index (κ2) is 25.2. The van der Waals surface area contributed by atoms with Crippen molar-refractivity contribution < 1.29 is 52.8 Å². The fraction of sp³-hybridized carbons (Fsp3) is 0.829. The van der Waals surface area contributed by atoms with Gasteiger partial charge in [-0.3, -0.25) is 14.4 Å². The van der Waals surface area contributed by atoms with E-state index in [1.165, 1.54) is 0 Å². The molecular formula is C35H62ClN3O11. The van der Waals surface area contributed by atoms with Crippen LogP contribution in [0.15, 0.2) is 0 Å². The lowest BCUT2D eigenvalue weighted by Crippen LogP contribution is -2.42. The number of ether oxygens (including phenoxy) is 4. The molecule has 0 aromatic heterocycles. The highest BCUT2D eigenvalue weighted by atomic mass is 35.5. The number of carboxylic acid groups (broad SMARTS) is 1. The van der Waals surface area contributed by atoms with Gasteiger partial charge in [0.2, 0.25) is 11.8 Å². The molecule has 2 fully saturated rings. The number of amides is 2. The highest BCUT2D eigenvalue weighted by Gasteiger charge is 2.52. The number of esters is 2. The predicted octanol–water partition coefficient (Wildman–Crippen LogP) is 3.81. The number of rotatable bonds is 21. The van der Waals surface area contributed by atoms with Crippen LogP contribution >= 0.6 is 11.8 Å². The van der Waals surface area contributed by atoms with Crippen molar-refractivity contribution in [1.29, 1.82) is 0 Å². The van der Waals surface area contributed by atoms with Gasteiger partial charge in [-0.05, 0) is 75.0 Å². The molecule has 0 spiro atoms. The van der Waals surface area contributed by atoms with E-state index in [-0.39, 0.29) is 49.2 Å². The van der Waals surface area contributed by atoms with Gasteiger partial charge >= 0.3 is 17.9 Å². The molecule has 0 bridgehead atoms. The smallest absolute Gasteiger partial charge is 0.338 e. The van der Waals surface area contributed by atoms with Crippen molar-refractivity contribution in [3.8, 4) is 0 Å². The largest absolute Gasteiger partial charge is 0.479 e. The summed E-state index contributed by atoms with van der Waals surface area (Å²) in [5.74, 6) is -1.00. The van der Waals surface area contributed by atoms with Crippen LogP contribution in [0.1, 0.15) is 101 Å². The Balaban J connectivity index is 0.000000787. The van der Waals surface area contributed by atoms with E-state index in [9.17, 15) is 28.8 Å². The second-order valence-corrected chi connectivity index (χ2v) is 14.3. The molecule has 14 nitrogen and oxygen atoms in total. The molecule has 50 heavy (non-hydrogen) atoms. The molecule has 0 aromatic carbocycles. The number of carbonyl (C=O) groups is 6. The lowest BCUT2D eigenvalue weighted by atomic mass is 9.90. The van der Waals surface area contributed by atoms with Crippen molar-refractivity contribution in [2.24, 2.45) is 29.6 Å². The fourth-order valence-electron chi connectivity index (χ4n) is 4.58. The Bertz CT molecular complexity index is 1070. The molecule has 15 heteroatoms. The molecule has 2 amide bonds. The minimum Gasteiger partial charge on any atom is -0.479 e. The van der Waals surface area contributed by atoms with E-state index in [0.717, 1.165) is 25.8 Å². The van der Waals surface area contributed by atoms with Crippen molar-refractivity contribution in [3.05, 3.63) is 0 Å². The number of nitrogens with one attached hydrogen (secondary N) is 3. The Hall–Kier alpha value is -2.81. The molecule has 4 N–H and O–H groups in total. The van der Waals surface area contributed by atoms with Crippen LogP contribution in [0.4, 0.5) is 0 Å². The maximum Gasteiger partial charge on any atom is 0.338 e. The molecule has 0 radical (unpaired) electrons. The van der Waals surface area contributed by atoms with Crippen molar-refractivity contribution in [3.63, 3.8) is 0 Å². The van der Waals surface area contributed by atoms with Crippen molar-refractivity contribution in [1.82, 2.24) is 15.5 Å². The summed E-state index contributed by atoms with van der Waals surface area (Å²) < 4.78 is 19.0. The standard InChI is InChI=1S/C18H31NO5.C11H23ClN2O.C6H8O5/c1-6-23-18(22)16-15(24-16)14(20)10-13(9-12(4)5)17(21)19-8-7-11(2)3;1-8(2)5-6-13-11(15)10(14-12)7-9(3)4;1-2-10-6(9)4-3(11-4)5(7)8/h11-13,15-16H,6-10H2,1-5H3,(H,19,21);8-10,14H,5-7H2,1-4H3,(H,13,15);3-4H,2H2,1H3,(H,7,8)/t13-,15-,16+;10-;3-,4-/m100/s1. The fourth-order valence-corrected chi connectivity index (χ4v) is 4.77. The summed E-state index contributed by atoms with van der Waals surface area (Å²) in [7, 11) is 0. The zero-order valence-corrected chi connectivity index (χ0v) is 32.3. The minimum absolute atomic E-state index is 0.000602. The third-order valence-corrected chi connectivity index (χ3v) is 7.62. The number of carboxylic acids is 1.